The van der Waals surface area contributed by atoms with Gasteiger partial charge in [0.15, 0.2) is 6.29 Å². The van der Waals surface area contributed by atoms with E-state index in [1.54, 1.807) is 0 Å². The van der Waals surface area contributed by atoms with E-state index in [1.807, 2.05) is 42.3 Å². The molecule has 0 aliphatic heterocycles. The predicted octanol–water partition coefficient (Wildman–Crippen LogP) is 2.06. The fraction of sp³-hybridized carbons (Fsp3) is 0.0833. The van der Waals surface area contributed by atoms with E-state index >= 15 is 0 Å². The number of carbonyl (C=O) groups is 1. The van der Waals surface area contributed by atoms with Gasteiger partial charge >= 0.3 is 0 Å². The first-order valence-electron chi connectivity index (χ1n) is 4.87. The highest BCUT2D eigenvalue weighted by Gasteiger charge is 2.05. The highest BCUT2D eigenvalue weighted by Crippen LogP contribution is 2.18. The highest BCUT2D eigenvalue weighted by atomic mass is 16.1. The number of nitrogens with zero attached hydrogens (tertiary/aromatic N) is 3. The van der Waals surface area contributed by atoms with Crippen molar-refractivity contribution in [3.05, 3.63) is 48.3 Å². The third-order valence-corrected chi connectivity index (χ3v) is 2.24. The number of aldehydes is 1. The van der Waals surface area contributed by atoms with Crippen LogP contribution in [0.25, 0.3) is 0 Å². The Balaban J connectivity index is 2.27. The molecule has 1 aromatic carbocycles. The molecule has 80 valence electrons. The number of carbonyl (C=O) groups excluding carboxylic acids is 1. The zero-order valence-corrected chi connectivity index (χ0v) is 8.87. The molecule has 0 saturated heterocycles. The molecule has 4 nitrogen and oxygen atoms in total. The maximum atomic E-state index is 10.5. The molecule has 2 rings (SSSR count). The Labute approximate surface area is 93.6 Å². The summed E-state index contributed by atoms with van der Waals surface area (Å²) in [7, 11) is 1.88. The average molecular weight is 213 g/mol. The lowest BCUT2D eigenvalue weighted by Gasteiger charge is -2.16. The second kappa shape index (κ2) is 4.53. The number of benzene rings is 1. The summed E-state index contributed by atoms with van der Waals surface area (Å²) in [6, 6.07) is 9.79. The lowest BCUT2D eigenvalue weighted by Crippen LogP contribution is -2.12. The summed E-state index contributed by atoms with van der Waals surface area (Å²) in [5, 5.41) is 0. The first-order chi connectivity index (χ1) is 7.81. The van der Waals surface area contributed by atoms with E-state index in [2.05, 4.69) is 9.97 Å². The molecular formula is C12H11N3O. The number of anilines is 2. The molecule has 0 saturated carbocycles. The highest BCUT2D eigenvalue weighted by molar-refractivity contribution is 5.73. The monoisotopic (exact) mass is 213 g/mol. The lowest BCUT2D eigenvalue weighted by atomic mass is 10.3. The maximum absolute atomic E-state index is 10.5. The van der Waals surface area contributed by atoms with Gasteiger partial charge in [0.05, 0.1) is 5.56 Å². The standard InChI is InChI=1S/C12H11N3O/c1-15(11-5-3-2-4-6-11)12-13-7-10(9-16)8-14-12/h2-9H,1H3. The van der Waals surface area contributed by atoms with Crippen molar-refractivity contribution >= 4 is 17.9 Å². The van der Waals surface area contributed by atoms with Crippen molar-refractivity contribution < 1.29 is 4.79 Å². The molecule has 2 aromatic rings. The van der Waals surface area contributed by atoms with Crippen LogP contribution in [0.5, 0.6) is 0 Å². The summed E-state index contributed by atoms with van der Waals surface area (Å²) in [5.41, 5.74) is 1.48. The van der Waals surface area contributed by atoms with Crippen LogP contribution in [0.2, 0.25) is 0 Å². The molecule has 0 aliphatic rings. The Kier molecular flexibility index (Phi) is 2.91. The topological polar surface area (TPSA) is 46.1 Å². The minimum absolute atomic E-state index is 0.477. The van der Waals surface area contributed by atoms with Crippen LogP contribution in [0.15, 0.2) is 42.7 Å². The minimum atomic E-state index is 0.477. The quantitative estimate of drug-likeness (QED) is 0.732. The summed E-state index contributed by atoms with van der Waals surface area (Å²) in [5.74, 6) is 0.566. The van der Waals surface area contributed by atoms with Crippen molar-refractivity contribution in [1.82, 2.24) is 9.97 Å². The van der Waals surface area contributed by atoms with Gasteiger partial charge < -0.3 is 4.90 Å². The van der Waals surface area contributed by atoms with Gasteiger partial charge in [-0.3, -0.25) is 4.79 Å². The molecule has 1 aromatic heterocycles. The normalized spacial score (nSPS) is 9.81. The van der Waals surface area contributed by atoms with Gasteiger partial charge in [-0.05, 0) is 12.1 Å². The maximum Gasteiger partial charge on any atom is 0.229 e. The van der Waals surface area contributed by atoms with Gasteiger partial charge in [-0.25, -0.2) is 9.97 Å². The van der Waals surface area contributed by atoms with Gasteiger partial charge in [0, 0.05) is 25.1 Å². The third kappa shape index (κ3) is 2.06. The molecule has 0 atom stereocenters. The Morgan fingerprint density at radius 2 is 1.75 bits per heavy atom. The van der Waals surface area contributed by atoms with Crippen LogP contribution in [0.1, 0.15) is 10.4 Å². The Morgan fingerprint density at radius 1 is 1.12 bits per heavy atom. The van der Waals surface area contributed by atoms with Crippen LogP contribution < -0.4 is 4.90 Å². The van der Waals surface area contributed by atoms with Crippen LogP contribution in [0.3, 0.4) is 0 Å². The molecule has 1 heterocycles. The van der Waals surface area contributed by atoms with Gasteiger partial charge in [-0.2, -0.15) is 0 Å². The molecule has 16 heavy (non-hydrogen) atoms. The fourth-order valence-corrected chi connectivity index (χ4v) is 1.33. The first-order valence-corrected chi connectivity index (χ1v) is 4.87. The molecule has 0 spiro atoms. The Bertz CT molecular complexity index is 467. The Hall–Kier alpha value is -2.23. The van der Waals surface area contributed by atoms with E-state index in [1.165, 1.54) is 12.4 Å². The van der Waals surface area contributed by atoms with E-state index in [0.29, 0.717) is 11.5 Å². The summed E-state index contributed by atoms with van der Waals surface area (Å²) < 4.78 is 0. The number of hydrogen-bond donors (Lipinski definition) is 0. The second-order valence-electron chi connectivity index (χ2n) is 3.33. The molecule has 0 amide bonds. The largest absolute Gasteiger partial charge is 0.314 e. The molecule has 0 aliphatic carbocycles. The molecular weight excluding hydrogens is 202 g/mol. The van der Waals surface area contributed by atoms with Crippen molar-refractivity contribution in [3.8, 4) is 0 Å². The second-order valence-corrected chi connectivity index (χ2v) is 3.33. The number of para-hydroxylation sites is 1. The van der Waals surface area contributed by atoms with Gasteiger partial charge in [-0.15, -0.1) is 0 Å². The minimum Gasteiger partial charge on any atom is -0.314 e. The van der Waals surface area contributed by atoms with E-state index < -0.39 is 0 Å². The van der Waals surface area contributed by atoms with E-state index in [9.17, 15) is 4.79 Å². The third-order valence-electron chi connectivity index (χ3n) is 2.24. The smallest absolute Gasteiger partial charge is 0.229 e. The van der Waals surface area contributed by atoms with Crippen LogP contribution in [-0.4, -0.2) is 23.3 Å². The van der Waals surface area contributed by atoms with Crippen molar-refractivity contribution in [2.24, 2.45) is 0 Å². The van der Waals surface area contributed by atoms with E-state index in [0.717, 1.165) is 12.0 Å². The van der Waals surface area contributed by atoms with Crippen molar-refractivity contribution in [3.63, 3.8) is 0 Å². The van der Waals surface area contributed by atoms with Crippen molar-refractivity contribution in [2.45, 2.75) is 0 Å². The molecule has 4 heteroatoms. The van der Waals surface area contributed by atoms with Gasteiger partial charge in [0.25, 0.3) is 0 Å². The molecule has 0 bridgehead atoms. The van der Waals surface area contributed by atoms with Crippen LogP contribution in [-0.2, 0) is 0 Å². The van der Waals surface area contributed by atoms with Gasteiger partial charge in [0.1, 0.15) is 0 Å². The van der Waals surface area contributed by atoms with Crippen LogP contribution in [0, 0.1) is 0 Å². The fourth-order valence-electron chi connectivity index (χ4n) is 1.33. The van der Waals surface area contributed by atoms with Crippen LogP contribution in [0.4, 0.5) is 11.6 Å². The van der Waals surface area contributed by atoms with Gasteiger partial charge in [-0.1, -0.05) is 18.2 Å². The number of aromatic nitrogens is 2. The van der Waals surface area contributed by atoms with Crippen molar-refractivity contribution in [2.75, 3.05) is 11.9 Å². The van der Waals surface area contributed by atoms with E-state index in [-0.39, 0.29) is 0 Å². The molecule has 0 fully saturated rings. The van der Waals surface area contributed by atoms with E-state index in [4.69, 9.17) is 0 Å². The summed E-state index contributed by atoms with van der Waals surface area (Å²) >= 11 is 0. The first kappa shape index (κ1) is 10.3. The zero-order chi connectivity index (χ0) is 11.4. The van der Waals surface area contributed by atoms with Gasteiger partial charge in [0.2, 0.25) is 5.95 Å². The molecule has 0 unspecified atom stereocenters. The number of rotatable bonds is 3. The zero-order valence-electron chi connectivity index (χ0n) is 8.87. The SMILES string of the molecule is CN(c1ccccc1)c1ncc(C=O)cn1. The molecule has 0 N–H and O–H groups in total. The average Bonchev–Trinajstić information content (AvgIpc) is 2.39. The summed E-state index contributed by atoms with van der Waals surface area (Å²) in [6.07, 6.45) is 3.75. The van der Waals surface area contributed by atoms with Crippen molar-refractivity contribution in [1.29, 1.82) is 0 Å². The molecule has 0 radical (unpaired) electrons. The summed E-state index contributed by atoms with van der Waals surface area (Å²) in [6.45, 7) is 0. The summed E-state index contributed by atoms with van der Waals surface area (Å²) in [4.78, 5) is 20.5. The lowest BCUT2D eigenvalue weighted by molar-refractivity contribution is 0.112. The predicted molar refractivity (Wildman–Crippen MR) is 61.9 cm³/mol. The number of hydrogen-bond acceptors (Lipinski definition) is 4. The van der Waals surface area contributed by atoms with Crippen LogP contribution >= 0.6 is 0 Å². The Morgan fingerprint density at radius 3 is 2.31 bits per heavy atom.